The lowest BCUT2D eigenvalue weighted by Crippen LogP contribution is -2.13. The van der Waals surface area contributed by atoms with Gasteiger partial charge in [0, 0.05) is 25.7 Å². The van der Waals surface area contributed by atoms with Gasteiger partial charge < -0.3 is 18.9 Å². The van der Waals surface area contributed by atoms with Crippen molar-refractivity contribution in [2.75, 3.05) is 33.5 Å². The summed E-state index contributed by atoms with van der Waals surface area (Å²) < 4.78 is 21.5. The van der Waals surface area contributed by atoms with E-state index in [2.05, 4.69) is 0 Å². The second kappa shape index (κ2) is 7.88. The van der Waals surface area contributed by atoms with Crippen molar-refractivity contribution in [1.82, 2.24) is 0 Å². The van der Waals surface area contributed by atoms with E-state index < -0.39 is 0 Å². The number of esters is 1. The van der Waals surface area contributed by atoms with Crippen molar-refractivity contribution in [3.63, 3.8) is 0 Å². The zero-order valence-corrected chi connectivity index (χ0v) is 12.6. The summed E-state index contributed by atoms with van der Waals surface area (Å²) in [5.41, 5.74) is 1.51. The van der Waals surface area contributed by atoms with Gasteiger partial charge in [0.15, 0.2) is 0 Å². The Morgan fingerprint density at radius 1 is 1.33 bits per heavy atom. The molecule has 1 aliphatic heterocycles. The fourth-order valence-electron chi connectivity index (χ4n) is 2.27. The van der Waals surface area contributed by atoms with Gasteiger partial charge >= 0.3 is 5.97 Å². The lowest BCUT2D eigenvalue weighted by Gasteiger charge is -2.21. The smallest absolute Gasteiger partial charge is 0.338 e. The van der Waals surface area contributed by atoms with Crippen LogP contribution >= 0.6 is 0 Å². The highest BCUT2D eigenvalue weighted by Gasteiger charge is 2.20. The molecule has 0 saturated carbocycles. The average molecular weight is 294 g/mol. The summed E-state index contributed by atoms with van der Waals surface area (Å²) >= 11 is 0. The molecule has 0 bridgehead atoms. The number of carbonyl (C=O) groups is 1. The van der Waals surface area contributed by atoms with E-state index in [9.17, 15) is 4.79 Å². The molecule has 0 N–H and O–H groups in total. The molecule has 5 nitrogen and oxygen atoms in total. The monoisotopic (exact) mass is 294 g/mol. The molecule has 0 atom stereocenters. The lowest BCUT2D eigenvalue weighted by molar-refractivity contribution is 0.0525. The van der Waals surface area contributed by atoms with Crippen molar-refractivity contribution >= 4 is 5.97 Å². The third-order valence-corrected chi connectivity index (χ3v) is 3.26. The van der Waals surface area contributed by atoms with Gasteiger partial charge in [0.05, 0.1) is 25.4 Å². The number of rotatable bonds is 7. The maximum Gasteiger partial charge on any atom is 0.338 e. The molecule has 0 unspecified atom stereocenters. The first-order valence-electron chi connectivity index (χ1n) is 7.34. The van der Waals surface area contributed by atoms with E-state index >= 15 is 0 Å². The quantitative estimate of drug-likeness (QED) is 0.571. The van der Waals surface area contributed by atoms with Crippen molar-refractivity contribution in [2.24, 2.45) is 0 Å². The number of carbonyl (C=O) groups excluding carboxylic acids is 1. The first-order chi connectivity index (χ1) is 10.3. The van der Waals surface area contributed by atoms with E-state index in [0.29, 0.717) is 37.7 Å². The minimum Gasteiger partial charge on any atom is -0.493 e. The van der Waals surface area contributed by atoms with Crippen molar-refractivity contribution in [1.29, 1.82) is 0 Å². The molecule has 0 saturated heterocycles. The van der Waals surface area contributed by atoms with Gasteiger partial charge in [0.25, 0.3) is 0 Å². The Hall–Kier alpha value is -1.75. The number of ether oxygens (including phenoxy) is 4. The second-order valence-electron chi connectivity index (χ2n) is 4.82. The van der Waals surface area contributed by atoms with Crippen molar-refractivity contribution in [3.05, 3.63) is 23.3 Å². The first-order valence-corrected chi connectivity index (χ1v) is 7.34. The van der Waals surface area contributed by atoms with E-state index in [1.54, 1.807) is 26.2 Å². The number of hydrogen-bond donors (Lipinski definition) is 0. The Morgan fingerprint density at radius 3 is 2.95 bits per heavy atom. The van der Waals surface area contributed by atoms with E-state index in [1.807, 2.05) is 0 Å². The van der Waals surface area contributed by atoms with Crippen LogP contribution in [0.1, 0.15) is 35.7 Å². The minimum absolute atomic E-state index is 0.348. The average Bonchev–Trinajstić information content (AvgIpc) is 2.51. The summed E-state index contributed by atoms with van der Waals surface area (Å²) in [5, 5.41) is 0. The fourth-order valence-corrected chi connectivity index (χ4v) is 2.27. The summed E-state index contributed by atoms with van der Waals surface area (Å²) in [6.07, 6.45) is 2.66. The Labute approximate surface area is 125 Å². The molecule has 0 amide bonds. The van der Waals surface area contributed by atoms with E-state index in [4.69, 9.17) is 18.9 Å². The van der Waals surface area contributed by atoms with Crippen LogP contribution in [0, 0.1) is 0 Å². The number of fused-ring (bicyclic) bond motifs is 1. The van der Waals surface area contributed by atoms with Crippen LogP contribution in [0.2, 0.25) is 0 Å². The van der Waals surface area contributed by atoms with E-state index in [0.717, 1.165) is 30.6 Å². The highest BCUT2D eigenvalue weighted by Crippen LogP contribution is 2.35. The van der Waals surface area contributed by atoms with Crippen LogP contribution in [0.15, 0.2) is 12.1 Å². The first kappa shape index (κ1) is 15.6. The molecule has 2 rings (SSSR count). The van der Waals surface area contributed by atoms with Crippen LogP contribution in [-0.4, -0.2) is 39.5 Å². The van der Waals surface area contributed by atoms with Gasteiger partial charge in [-0.2, -0.15) is 0 Å². The van der Waals surface area contributed by atoms with Crippen LogP contribution in [0.25, 0.3) is 0 Å². The highest BCUT2D eigenvalue weighted by atomic mass is 16.5. The van der Waals surface area contributed by atoms with Gasteiger partial charge in [-0.1, -0.05) is 0 Å². The molecule has 0 aliphatic carbocycles. The Bertz CT molecular complexity index is 484. The number of methoxy groups -OCH3 is 1. The fraction of sp³-hybridized carbons (Fsp3) is 0.562. The predicted octanol–water partition coefficient (Wildman–Crippen LogP) is 2.60. The van der Waals surface area contributed by atoms with Gasteiger partial charge in [0.1, 0.15) is 11.5 Å². The summed E-state index contributed by atoms with van der Waals surface area (Å²) in [6, 6.07) is 3.49. The molecule has 21 heavy (non-hydrogen) atoms. The SMILES string of the molecule is CCOC(=O)c1cc(OCCCOC)c2c(c1)OCCC2. The lowest BCUT2D eigenvalue weighted by atomic mass is 10.0. The summed E-state index contributed by atoms with van der Waals surface area (Å²) in [6.45, 7) is 4.00. The van der Waals surface area contributed by atoms with Gasteiger partial charge in [-0.15, -0.1) is 0 Å². The van der Waals surface area contributed by atoms with Gasteiger partial charge in [-0.25, -0.2) is 4.79 Å². The minimum atomic E-state index is -0.351. The van der Waals surface area contributed by atoms with Gasteiger partial charge in [0.2, 0.25) is 0 Å². The van der Waals surface area contributed by atoms with E-state index in [-0.39, 0.29) is 5.97 Å². The van der Waals surface area contributed by atoms with Crippen LogP contribution < -0.4 is 9.47 Å². The molecule has 0 radical (unpaired) electrons. The Kier molecular flexibility index (Phi) is 5.87. The molecule has 1 heterocycles. The van der Waals surface area contributed by atoms with Crippen LogP contribution in [0.4, 0.5) is 0 Å². The largest absolute Gasteiger partial charge is 0.493 e. The maximum absolute atomic E-state index is 11.9. The zero-order chi connectivity index (χ0) is 15.1. The summed E-state index contributed by atoms with van der Waals surface area (Å²) in [5.74, 6) is 1.09. The molecular weight excluding hydrogens is 272 g/mol. The van der Waals surface area contributed by atoms with Gasteiger partial charge in [-0.3, -0.25) is 0 Å². The third-order valence-electron chi connectivity index (χ3n) is 3.26. The zero-order valence-electron chi connectivity index (χ0n) is 12.6. The Balaban J connectivity index is 2.19. The topological polar surface area (TPSA) is 54.0 Å². The van der Waals surface area contributed by atoms with Crippen molar-refractivity contribution in [2.45, 2.75) is 26.2 Å². The molecule has 0 aromatic heterocycles. The molecule has 116 valence electrons. The van der Waals surface area contributed by atoms with Gasteiger partial charge in [-0.05, 0) is 31.9 Å². The molecule has 1 aliphatic rings. The van der Waals surface area contributed by atoms with Crippen LogP contribution in [0.5, 0.6) is 11.5 Å². The third kappa shape index (κ3) is 4.11. The Morgan fingerprint density at radius 2 is 2.19 bits per heavy atom. The molecule has 5 heteroatoms. The number of benzene rings is 1. The highest BCUT2D eigenvalue weighted by molar-refractivity contribution is 5.90. The molecular formula is C16H22O5. The molecule has 1 aromatic rings. The van der Waals surface area contributed by atoms with E-state index in [1.165, 1.54) is 0 Å². The molecule has 1 aromatic carbocycles. The molecule has 0 fully saturated rings. The molecule has 0 spiro atoms. The van der Waals surface area contributed by atoms with Crippen LogP contribution in [-0.2, 0) is 15.9 Å². The van der Waals surface area contributed by atoms with Crippen molar-refractivity contribution < 1.29 is 23.7 Å². The summed E-state index contributed by atoms with van der Waals surface area (Å²) in [7, 11) is 1.66. The van der Waals surface area contributed by atoms with Crippen molar-refractivity contribution in [3.8, 4) is 11.5 Å². The normalized spacial score (nSPS) is 13.2. The second-order valence-corrected chi connectivity index (χ2v) is 4.82. The number of hydrogen-bond acceptors (Lipinski definition) is 5. The predicted molar refractivity (Wildman–Crippen MR) is 78.2 cm³/mol. The maximum atomic E-state index is 11.9. The van der Waals surface area contributed by atoms with Crippen LogP contribution in [0.3, 0.4) is 0 Å². The summed E-state index contributed by atoms with van der Waals surface area (Å²) in [4.78, 5) is 11.9. The standard InChI is InChI=1S/C16H22O5/c1-3-19-16(17)12-10-14-13(6-4-8-20-14)15(11-12)21-9-5-7-18-2/h10-11H,3-9H2,1-2H3.